The number of benzene rings is 1. The molecule has 1 aliphatic heterocycles. The van der Waals surface area contributed by atoms with Gasteiger partial charge in [-0.3, -0.25) is 14.6 Å². The second-order valence-electron chi connectivity index (χ2n) is 6.59. The number of halogens is 1. The fraction of sp³-hybridized carbons (Fsp3) is 0.316. The van der Waals surface area contributed by atoms with Gasteiger partial charge >= 0.3 is 0 Å². The number of nitrogens with one attached hydrogen (secondary N) is 2. The van der Waals surface area contributed by atoms with Crippen LogP contribution in [0.3, 0.4) is 0 Å². The first kappa shape index (κ1) is 16.5. The predicted molar refractivity (Wildman–Crippen MR) is 96.3 cm³/mol. The zero-order chi connectivity index (χ0) is 18.3. The number of H-pyrrole nitrogens is 1. The van der Waals surface area contributed by atoms with Crippen LogP contribution in [0.4, 0.5) is 10.2 Å². The van der Waals surface area contributed by atoms with E-state index in [0.29, 0.717) is 17.8 Å². The van der Waals surface area contributed by atoms with E-state index >= 15 is 0 Å². The molecule has 3 heterocycles. The molecule has 1 aliphatic rings. The summed E-state index contributed by atoms with van der Waals surface area (Å²) in [5.74, 6) is 0.0667. The van der Waals surface area contributed by atoms with Gasteiger partial charge in [0.15, 0.2) is 5.82 Å². The topological polar surface area (TPSA) is 75.6 Å². The molecule has 0 aliphatic carbocycles. The third kappa shape index (κ3) is 2.69. The minimum atomic E-state index is -0.308. The Labute approximate surface area is 150 Å². The van der Waals surface area contributed by atoms with Gasteiger partial charge in [0.2, 0.25) is 5.91 Å². The van der Waals surface area contributed by atoms with Crippen molar-refractivity contribution in [1.29, 1.82) is 0 Å². The van der Waals surface area contributed by atoms with Crippen molar-refractivity contribution in [3.05, 3.63) is 53.1 Å². The summed E-state index contributed by atoms with van der Waals surface area (Å²) < 4.78 is 15.6. The molecule has 2 N–H and O–H groups in total. The van der Waals surface area contributed by atoms with Crippen LogP contribution >= 0.6 is 0 Å². The predicted octanol–water partition coefficient (Wildman–Crippen LogP) is 3.60. The largest absolute Gasteiger partial charge is 0.309 e. The molecule has 4 rings (SSSR count). The minimum absolute atomic E-state index is 0.0740. The van der Waals surface area contributed by atoms with Gasteiger partial charge in [-0.15, -0.1) is 0 Å². The first-order chi connectivity index (χ1) is 12.6. The molecule has 0 saturated carbocycles. The molecule has 7 heteroatoms. The number of nitrogens with zero attached hydrogens (tertiary/aromatic N) is 3. The highest BCUT2D eigenvalue weighted by molar-refractivity contribution is 5.94. The molecule has 1 amide bonds. The van der Waals surface area contributed by atoms with E-state index in [4.69, 9.17) is 0 Å². The Balaban J connectivity index is 1.83. The zero-order valence-electron chi connectivity index (χ0n) is 14.7. The molecule has 1 aromatic carbocycles. The van der Waals surface area contributed by atoms with Crippen LogP contribution in [0.15, 0.2) is 30.5 Å². The number of fused-ring (bicyclic) bond motifs is 1. The lowest BCUT2D eigenvalue weighted by Gasteiger charge is -2.22. The van der Waals surface area contributed by atoms with Gasteiger partial charge in [0.25, 0.3) is 0 Å². The molecule has 1 unspecified atom stereocenters. The van der Waals surface area contributed by atoms with Crippen LogP contribution in [0.1, 0.15) is 42.5 Å². The number of aromatic nitrogens is 4. The van der Waals surface area contributed by atoms with Crippen LogP contribution in [0.2, 0.25) is 0 Å². The summed E-state index contributed by atoms with van der Waals surface area (Å²) in [5, 5.41) is 14.6. The van der Waals surface area contributed by atoms with E-state index in [2.05, 4.69) is 27.5 Å². The lowest BCUT2D eigenvalue weighted by Crippen LogP contribution is -2.23. The number of hydrogen-bond donors (Lipinski definition) is 2. The van der Waals surface area contributed by atoms with Crippen molar-refractivity contribution in [3.63, 3.8) is 0 Å². The summed E-state index contributed by atoms with van der Waals surface area (Å²) in [6.45, 7) is 4.91. The number of aryl methyl sites for hydroxylation is 1. The molecule has 0 radical (unpaired) electrons. The van der Waals surface area contributed by atoms with Crippen LogP contribution in [0.25, 0.3) is 11.3 Å². The molecule has 1 atom stereocenters. The number of anilines is 1. The standard InChI is InChI=1S/C19H20FN5O/c1-3-7-25-11(2)17-14(9-16(26)22-19(17)24-25)15-10-21-23-18(15)12-5-4-6-13(20)8-12/h4-6,8,10,14H,3,7,9H2,1-2H3,(H,21,23)(H,22,24,26). The fourth-order valence-corrected chi connectivity index (χ4v) is 3.67. The van der Waals surface area contributed by atoms with Gasteiger partial charge < -0.3 is 5.32 Å². The summed E-state index contributed by atoms with van der Waals surface area (Å²) >= 11 is 0. The first-order valence-corrected chi connectivity index (χ1v) is 8.74. The molecule has 2 aromatic heterocycles. The second kappa shape index (κ2) is 6.40. The Morgan fingerprint density at radius 1 is 1.38 bits per heavy atom. The minimum Gasteiger partial charge on any atom is -0.309 e. The van der Waals surface area contributed by atoms with Gasteiger partial charge in [-0.1, -0.05) is 19.1 Å². The maximum atomic E-state index is 13.7. The number of hydrogen-bond acceptors (Lipinski definition) is 3. The Hall–Kier alpha value is -2.96. The van der Waals surface area contributed by atoms with Crippen molar-refractivity contribution in [2.75, 3.05) is 5.32 Å². The van der Waals surface area contributed by atoms with Gasteiger partial charge in [0.1, 0.15) is 5.82 Å². The van der Waals surface area contributed by atoms with Crippen LogP contribution in [0.5, 0.6) is 0 Å². The number of carbonyl (C=O) groups is 1. The Kier molecular flexibility index (Phi) is 4.06. The van der Waals surface area contributed by atoms with E-state index in [1.807, 2.05) is 17.7 Å². The second-order valence-corrected chi connectivity index (χ2v) is 6.59. The van der Waals surface area contributed by atoms with E-state index in [9.17, 15) is 9.18 Å². The van der Waals surface area contributed by atoms with Crippen molar-refractivity contribution >= 4 is 11.7 Å². The highest BCUT2D eigenvalue weighted by Gasteiger charge is 2.34. The van der Waals surface area contributed by atoms with Crippen molar-refractivity contribution in [2.24, 2.45) is 0 Å². The van der Waals surface area contributed by atoms with Gasteiger partial charge in [0.05, 0.1) is 11.9 Å². The molecular weight excluding hydrogens is 333 g/mol. The first-order valence-electron chi connectivity index (χ1n) is 8.74. The average molecular weight is 353 g/mol. The normalized spacial score (nSPS) is 16.4. The number of rotatable bonds is 4. The summed E-state index contributed by atoms with van der Waals surface area (Å²) in [6.07, 6.45) is 3.00. The molecule has 6 nitrogen and oxygen atoms in total. The average Bonchev–Trinajstić information content (AvgIpc) is 3.20. The van der Waals surface area contributed by atoms with Crippen LogP contribution in [-0.2, 0) is 11.3 Å². The maximum Gasteiger partial charge on any atom is 0.226 e. The van der Waals surface area contributed by atoms with Gasteiger partial charge in [-0.05, 0) is 25.5 Å². The SMILES string of the molecule is CCCn1nc2c(c1C)C(c1cn[nH]c1-c1cccc(F)c1)CC(=O)N2. The van der Waals surface area contributed by atoms with Gasteiger partial charge in [-0.25, -0.2) is 4.39 Å². The van der Waals surface area contributed by atoms with Gasteiger partial charge in [0, 0.05) is 41.3 Å². The summed E-state index contributed by atoms with van der Waals surface area (Å²) in [6, 6.07) is 6.37. The lowest BCUT2D eigenvalue weighted by molar-refractivity contribution is -0.116. The highest BCUT2D eigenvalue weighted by Crippen LogP contribution is 2.41. The smallest absolute Gasteiger partial charge is 0.226 e. The Bertz CT molecular complexity index is 974. The molecule has 0 spiro atoms. The van der Waals surface area contributed by atoms with Crippen molar-refractivity contribution in [1.82, 2.24) is 20.0 Å². The maximum absolute atomic E-state index is 13.7. The number of amides is 1. The Morgan fingerprint density at radius 2 is 2.23 bits per heavy atom. The van der Waals surface area contributed by atoms with E-state index in [1.165, 1.54) is 12.1 Å². The third-order valence-electron chi connectivity index (χ3n) is 4.84. The monoisotopic (exact) mass is 353 g/mol. The third-order valence-corrected chi connectivity index (χ3v) is 4.84. The van der Waals surface area contributed by atoms with E-state index in [0.717, 1.165) is 35.5 Å². The van der Waals surface area contributed by atoms with E-state index < -0.39 is 0 Å². The van der Waals surface area contributed by atoms with Crippen LogP contribution in [0, 0.1) is 12.7 Å². The molecule has 3 aromatic rings. The molecule has 0 bridgehead atoms. The number of carbonyl (C=O) groups excluding carboxylic acids is 1. The molecular formula is C19H20FN5O. The van der Waals surface area contributed by atoms with E-state index in [-0.39, 0.29) is 17.6 Å². The molecule has 0 fully saturated rings. The summed E-state index contributed by atoms with van der Waals surface area (Å²) in [4.78, 5) is 12.3. The Morgan fingerprint density at radius 3 is 3.00 bits per heavy atom. The van der Waals surface area contributed by atoms with Crippen molar-refractivity contribution in [2.45, 2.75) is 39.2 Å². The lowest BCUT2D eigenvalue weighted by atomic mass is 9.85. The number of aromatic amines is 1. The van der Waals surface area contributed by atoms with Crippen LogP contribution in [-0.4, -0.2) is 25.9 Å². The fourth-order valence-electron chi connectivity index (χ4n) is 3.67. The zero-order valence-corrected chi connectivity index (χ0v) is 14.7. The molecule has 134 valence electrons. The summed E-state index contributed by atoms with van der Waals surface area (Å²) in [5.41, 5.74) is 4.38. The van der Waals surface area contributed by atoms with Gasteiger partial charge in [-0.2, -0.15) is 10.2 Å². The molecule has 26 heavy (non-hydrogen) atoms. The van der Waals surface area contributed by atoms with Crippen LogP contribution < -0.4 is 5.32 Å². The van der Waals surface area contributed by atoms with Crippen molar-refractivity contribution < 1.29 is 9.18 Å². The van der Waals surface area contributed by atoms with Crippen molar-refractivity contribution in [3.8, 4) is 11.3 Å². The highest BCUT2D eigenvalue weighted by atomic mass is 19.1. The molecule has 0 saturated heterocycles. The summed E-state index contributed by atoms with van der Waals surface area (Å²) in [7, 11) is 0. The van der Waals surface area contributed by atoms with E-state index in [1.54, 1.807) is 12.3 Å². The quantitative estimate of drug-likeness (QED) is 0.752.